The molecule has 0 aliphatic heterocycles. The van der Waals surface area contributed by atoms with Crippen LogP contribution in [0.2, 0.25) is 0 Å². The molecule has 0 aliphatic carbocycles. The molecule has 0 spiro atoms. The maximum atomic E-state index is 2.20. The fourth-order valence-electron chi connectivity index (χ4n) is 1.08. The summed E-state index contributed by atoms with van der Waals surface area (Å²) in [4.78, 5) is 0. The van der Waals surface area contributed by atoms with Gasteiger partial charge in [-0.1, -0.05) is 50.0 Å². The van der Waals surface area contributed by atoms with E-state index >= 15 is 0 Å². The van der Waals surface area contributed by atoms with E-state index in [9.17, 15) is 0 Å². The van der Waals surface area contributed by atoms with E-state index in [1.165, 1.54) is 36.8 Å². The Balaban J connectivity index is 0. The van der Waals surface area contributed by atoms with Crippen LogP contribution in [-0.2, 0) is 0 Å². The van der Waals surface area contributed by atoms with Gasteiger partial charge in [0, 0.05) is 0 Å². The predicted octanol–water partition coefficient (Wildman–Crippen LogP) is 5.51. The van der Waals surface area contributed by atoms with E-state index < -0.39 is 0 Å². The molecule has 14 heavy (non-hydrogen) atoms. The molecule has 0 unspecified atom stereocenters. The second-order valence-corrected chi connectivity index (χ2v) is 3.77. The summed E-state index contributed by atoms with van der Waals surface area (Å²) in [5, 5.41) is 0. The SMILES string of the molecule is C/C=C(/C)CCC.C/C=C(\C)CCC. The lowest BCUT2D eigenvalue weighted by molar-refractivity contribution is 0.903. The second kappa shape index (κ2) is 12.5. The van der Waals surface area contributed by atoms with Crippen molar-refractivity contribution in [3.8, 4) is 0 Å². The minimum Gasteiger partial charge on any atom is -0.0887 e. The minimum atomic E-state index is 1.26. The van der Waals surface area contributed by atoms with Gasteiger partial charge in [-0.2, -0.15) is 0 Å². The lowest BCUT2D eigenvalue weighted by Crippen LogP contribution is -1.70. The van der Waals surface area contributed by atoms with Crippen molar-refractivity contribution < 1.29 is 0 Å². The van der Waals surface area contributed by atoms with Crippen LogP contribution in [0.4, 0.5) is 0 Å². The van der Waals surface area contributed by atoms with Crippen LogP contribution in [0.5, 0.6) is 0 Å². The Morgan fingerprint density at radius 2 is 1.07 bits per heavy atom. The smallest absolute Gasteiger partial charge is 0.0326 e. The summed E-state index contributed by atoms with van der Waals surface area (Å²) in [5.74, 6) is 0. The van der Waals surface area contributed by atoms with E-state index in [1.807, 2.05) is 0 Å². The standard InChI is InChI=1S/2C7H14/c2*1-4-6-7(3)5-2/h2*5H,4,6H2,1-3H3/b7-5+;7-5-. The zero-order valence-corrected chi connectivity index (χ0v) is 11.0. The van der Waals surface area contributed by atoms with E-state index in [0.29, 0.717) is 0 Å². The fraction of sp³-hybridized carbons (Fsp3) is 0.714. The molecule has 0 saturated heterocycles. The molecule has 84 valence electrons. The number of rotatable bonds is 4. The molecule has 0 rings (SSSR count). The highest BCUT2D eigenvalue weighted by Crippen LogP contribution is 2.01. The Labute approximate surface area is 91.1 Å². The highest BCUT2D eigenvalue weighted by molar-refractivity contribution is 4.94. The zero-order chi connectivity index (χ0) is 11.4. The van der Waals surface area contributed by atoms with Gasteiger partial charge < -0.3 is 0 Å². The molecule has 0 radical (unpaired) electrons. The first-order valence-corrected chi connectivity index (χ1v) is 5.85. The van der Waals surface area contributed by atoms with Crippen molar-refractivity contribution in [2.24, 2.45) is 0 Å². The van der Waals surface area contributed by atoms with Crippen molar-refractivity contribution in [3.05, 3.63) is 23.3 Å². The molecular weight excluding hydrogens is 168 g/mol. The van der Waals surface area contributed by atoms with Gasteiger partial charge in [0.05, 0.1) is 0 Å². The third-order valence-corrected chi connectivity index (χ3v) is 2.27. The molecular formula is C14H28. The molecule has 0 N–H and O–H groups in total. The largest absolute Gasteiger partial charge is 0.0887 e. The molecule has 0 amide bonds. The van der Waals surface area contributed by atoms with Gasteiger partial charge in [-0.25, -0.2) is 0 Å². The van der Waals surface area contributed by atoms with Crippen LogP contribution in [0.1, 0.15) is 67.2 Å². The zero-order valence-electron chi connectivity index (χ0n) is 11.0. The topological polar surface area (TPSA) is 0 Å². The van der Waals surface area contributed by atoms with Gasteiger partial charge in [-0.3, -0.25) is 0 Å². The Morgan fingerprint density at radius 1 is 0.786 bits per heavy atom. The van der Waals surface area contributed by atoms with Crippen molar-refractivity contribution in [2.75, 3.05) is 0 Å². The number of allylic oxidation sites excluding steroid dienone is 4. The molecule has 0 heterocycles. The summed E-state index contributed by atoms with van der Waals surface area (Å²) in [6, 6.07) is 0. The lowest BCUT2D eigenvalue weighted by atomic mass is 10.2. The second-order valence-electron chi connectivity index (χ2n) is 3.77. The summed E-state index contributed by atoms with van der Waals surface area (Å²) in [6.45, 7) is 12.9. The van der Waals surface area contributed by atoms with Crippen LogP contribution in [0.15, 0.2) is 23.3 Å². The molecule has 0 fully saturated rings. The lowest BCUT2D eigenvalue weighted by Gasteiger charge is -1.91. The molecule has 0 aromatic rings. The van der Waals surface area contributed by atoms with Crippen LogP contribution in [0.3, 0.4) is 0 Å². The van der Waals surface area contributed by atoms with E-state index in [-0.39, 0.29) is 0 Å². The molecule has 0 aromatic heterocycles. The fourth-order valence-corrected chi connectivity index (χ4v) is 1.08. The average Bonchev–Trinajstić information content (AvgIpc) is 2.19. The van der Waals surface area contributed by atoms with Crippen molar-refractivity contribution in [3.63, 3.8) is 0 Å². The summed E-state index contributed by atoms with van der Waals surface area (Å²) in [7, 11) is 0. The van der Waals surface area contributed by atoms with Gasteiger partial charge in [-0.05, 0) is 40.5 Å². The van der Waals surface area contributed by atoms with Gasteiger partial charge >= 0.3 is 0 Å². The summed E-state index contributed by atoms with van der Waals surface area (Å²) in [6.07, 6.45) is 9.41. The first-order chi connectivity index (χ1) is 6.62. The normalized spacial score (nSPS) is 12.1. The van der Waals surface area contributed by atoms with Crippen molar-refractivity contribution in [1.29, 1.82) is 0 Å². The van der Waals surface area contributed by atoms with Crippen LogP contribution >= 0.6 is 0 Å². The monoisotopic (exact) mass is 196 g/mol. The number of hydrogen-bond donors (Lipinski definition) is 0. The summed E-state index contributed by atoms with van der Waals surface area (Å²) in [5.41, 5.74) is 3.00. The molecule has 0 aliphatic rings. The molecule has 0 aromatic carbocycles. The third-order valence-electron chi connectivity index (χ3n) is 2.27. The Morgan fingerprint density at radius 3 is 1.14 bits per heavy atom. The predicted molar refractivity (Wildman–Crippen MR) is 68.7 cm³/mol. The van der Waals surface area contributed by atoms with Crippen LogP contribution in [0, 0.1) is 0 Å². The molecule has 0 heteroatoms. The summed E-state index contributed by atoms with van der Waals surface area (Å²) < 4.78 is 0. The van der Waals surface area contributed by atoms with Crippen molar-refractivity contribution in [1.82, 2.24) is 0 Å². The highest BCUT2D eigenvalue weighted by Gasteiger charge is 1.80. The van der Waals surface area contributed by atoms with Crippen LogP contribution in [0.25, 0.3) is 0 Å². The Kier molecular flexibility index (Phi) is 14.2. The third kappa shape index (κ3) is 14.0. The van der Waals surface area contributed by atoms with Crippen LogP contribution < -0.4 is 0 Å². The van der Waals surface area contributed by atoms with Gasteiger partial charge in [0.25, 0.3) is 0 Å². The summed E-state index contributed by atoms with van der Waals surface area (Å²) >= 11 is 0. The van der Waals surface area contributed by atoms with Crippen LogP contribution in [-0.4, -0.2) is 0 Å². The highest BCUT2D eigenvalue weighted by atomic mass is 13.9. The first-order valence-electron chi connectivity index (χ1n) is 5.85. The number of hydrogen-bond acceptors (Lipinski definition) is 0. The van der Waals surface area contributed by atoms with E-state index in [4.69, 9.17) is 0 Å². The van der Waals surface area contributed by atoms with Gasteiger partial charge in [0.1, 0.15) is 0 Å². The Bertz CT molecular complexity index is 141. The van der Waals surface area contributed by atoms with Gasteiger partial charge in [0.2, 0.25) is 0 Å². The Hall–Kier alpha value is -0.520. The molecule has 0 nitrogen and oxygen atoms in total. The van der Waals surface area contributed by atoms with Crippen molar-refractivity contribution in [2.45, 2.75) is 67.2 Å². The first kappa shape index (κ1) is 15.9. The van der Waals surface area contributed by atoms with Gasteiger partial charge in [-0.15, -0.1) is 0 Å². The van der Waals surface area contributed by atoms with Gasteiger partial charge in [0.15, 0.2) is 0 Å². The quantitative estimate of drug-likeness (QED) is 0.520. The maximum absolute atomic E-state index is 2.20. The van der Waals surface area contributed by atoms with E-state index in [0.717, 1.165) is 0 Å². The minimum absolute atomic E-state index is 1.26. The molecule has 0 atom stereocenters. The van der Waals surface area contributed by atoms with Crippen molar-refractivity contribution >= 4 is 0 Å². The van der Waals surface area contributed by atoms with E-state index in [1.54, 1.807) is 0 Å². The molecule has 0 saturated carbocycles. The maximum Gasteiger partial charge on any atom is -0.0326 e. The van der Waals surface area contributed by atoms with E-state index in [2.05, 4.69) is 53.7 Å². The average molecular weight is 196 g/mol. The molecule has 0 bridgehead atoms.